The van der Waals surface area contributed by atoms with Gasteiger partial charge >= 0.3 is 0 Å². The van der Waals surface area contributed by atoms with Gasteiger partial charge < -0.3 is 15.5 Å². The lowest BCUT2D eigenvalue weighted by atomic mass is 10.1. The zero-order chi connectivity index (χ0) is 24.1. The Morgan fingerprint density at radius 3 is 2.44 bits per heavy atom. The third-order valence-electron chi connectivity index (χ3n) is 5.95. The molecule has 3 aromatic rings. The highest BCUT2D eigenvalue weighted by Crippen LogP contribution is 2.30. The quantitative estimate of drug-likeness (QED) is 0.482. The number of pyridine rings is 1. The standard InChI is InChI=1S/C25H29N5O3S/c1-18-3-5-22(15-19(18)2)34(32,33)29-23-16-21(4-6-24(23)30-13-11-27-12-14-30)25(31)28-17-20-7-9-26-10-8-20/h3-10,15-16,27,29H,11-14,17H2,1-2H3,(H,28,31). The molecule has 9 heteroatoms. The van der Waals surface area contributed by atoms with E-state index in [1.54, 1.807) is 42.7 Å². The van der Waals surface area contributed by atoms with Crippen molar-refractivity contribution in [3.8, 4) is 0 Å². The highest BCUT2D eigenvalue weighted by atomic mass is 32.2. The van der Waals surface area contributed by atoms with E-state index < -0.39 is 10.0 Å². The normalized spacial score (nSPS) is 14.0. The molecule has 1 amide bonds. The summed E-state index contributed by atoms with van der Waals surface area (Å²) in [5.41, 5.74) is 4.36. The van der Waals surface area contributed by atoms with Crippen LogP contribution in [0.3, 0.4) is 0 Å². The van der Waals surface area contributed by atoms with Crippen molar-refractivity contribution in [3.63, 3.8) is 0 Å². The summed E-state index contributed by atoms with van der Waals surface area (Å²) < 4.78 is 29.2. The summed E-state index contributed by atoms with van der Waals surface area (Å²) in [7, 11) is -3.84. The average molecular weight is 480 g/mol. The molecule has 0 unspecified atom stereocenters. The molecule has 1 fully saturated rings. The number of nitrogens with one attached hydrogen (secondary N) is 3. The second-order valence-corrected chi connectivity index (χ2v) is 10.0. The first-order valence-electron chi connectivity index (χ1n) is 11.2. The molecular weight excluding hydrogens is 450 g/mol. The Hall–Kier alpha value is -3.43. The molecular formula is C25H29N5O3S. The summed E-state index contributed by atoms with van der Waals surface area (Å²) in [5, 5.41) is 6.18. The van der Waals surface area contributed by atoms with Gasteiger partial charge in [0.2, 0.25) is 0 Å². The molecule has 34 heavy (non-hydrogen) atoms. The van der Waals surface area contributed by atoms with Crippen LogP contribution in [0.2, 0.25) is 0 Å². The van der Waals surface area contributed by atoms with Gasteiger partial charge in [-0.05, 0) is 73.0 Å². The smallest absolute Gasteiger partial charge is 0.261 e. The third kappa shape index (κ3) is 5.55. The number of rotatable bonds is 7. The Morgan fingerprint density at radius 1 is 1.00 bits per heavy atom. The molecule has 0 spiro atoms. The minimum absolute atomic E-state index is 0.189. The molecule has 0 radical (unpaired) electrons. The van der Waals surface area contributed by atoms with Crippen LogP contribution in [0.5, 0.6) is 0 Å². The third-order valence-corrected chi connectivity index (χ3v) is 7.32. The lowest BCUT2D eigenvalue weighted by Gasteiger charge is -2.31. The average Bonchev–Trinajstić information content (AvgIpc) is 2.85. The van der Waals surface area contributed by atoms with Crippen LogP contribution in [-0.2, 0) is 16.6 Å². The maximum atomic E-state index is 13.2. The van der Waals surface area contributed by atoms with Crippen LogP contribution in [-0.4, -0.2) is 45.5 Å². The first kappa shape index (κ1) is 23.7. The molecule has 1 aliphatic heterocycles. The molecule has 3 N–H and O–H groups in total. The molecule has 2 heterocycles. The predicted octanol–water partition coefficient (Wildman–Crippen LogP) is 2.84. The minimum atomic E-state index is -3.84. The van der Waals surface area contributed by atoms with Crippen LogP contribution in [0, 0.1) is 13.8 Å². The number of aryl methyl sites for hydroxylation is 2. The van der Waals surface area contributed by atoms with Gasteiger partial charge in [0.15, 0.2) is 0 Å². The van der Waals surface area contributed by atoms with E-state index in [1.165, 1.54) is 0 Å². The van der Waals surface area contributed by atoms with Gasteiger partial charge in [-0.25, -0.2) is 8.42 Å². The van der Waals surface area contributed by atoms with Gasteiger partial charge in [-0.15, -0.1) is 0 Å². The summed E-state index contributed by atoms with van der Waals surface area (Å²) in [5.74, 6) is -0.282. The first-order valence-corrected chi connectivity index (χ1v) is 12.7. The molecule has 0 saturated carbocycles. The van der Waals surface area contributed by atoms with Crippen molar-refractivity contribution in [1.29, 1.82) is 0 Å². The Balaban J connectivity index is 1.63. The monoisotopic (exact) mass is 479 g/mol. The highest BCUT2D eigenvalue weighted by Gasteiger charge is 2.21. The van der Waals surface area contributed by atoms with E-state index in [1.807, 2.05) is 32.0 Å². The number of carbonyl (C=O) groups is 1. The number of hydrogen-bond donors (Lipinski definition) is 3. The first-order chi connectivity index (χ1) is 16.3. The summed E-state index contributed by atoms with van der Waals surface area (Å²) in [4.78, 5) is 19.1. The predicted molar refractivity (Wildman–Crippen MR) is 134 cm³/mol. The fourth-order valence-electron chi connectivity index (χ4n) is 3.81. The van der Waals surface area contributed by atoms with E-state index in [0.717, 1.165) is 48.6 Å². The van der Waals surface area contributed by atoms with Crippen molar-refractivity contribution in [2.24, 2.45) is 0 Å². The Morgan fingerprint density at radius 2 is 1.74 bits per heavy atom. The topological polar surface area (TPSA) is 103 Å². The number of sulfonamides is 1. The number of hydrogen-bond acceptors (Lipinski definition) is 6. The Kier molecular flexibility index (Phi) is 7.14. The maximum Gasteiger partial charge on any atom is 0.261 e. The lowest BCUT2D eigenvalue weighted by Crippen LogP contribution is -2.43. The lowest BCUT2D eigenvalue weighted by molar-refractivity contribution is 0.0951. The van der Waals surface area contributed by atoms with Gasteiger partial charge in [0.1, 0.15) is 0 Å². The van der Waals surface area contributed by atoms with E-state index in [0.29, 0.717) is 17.8 Å². The van der Waals surface area contributed by atoms with E-state index in [4.69, 9.17) is 0 Å². The maximum absolute atomic E-state index is 13.2. The Bertz CT molecular complexity index is 1270. The molecule has 0 bridgehead atoms. The number of carbonyl (C=O) groups excluding carboxylic acids is 1. The molecule has 8 nitrogen and oxygen atoms in total. The number of aromatic nitrogens is 1. The van der Waals surface area contributed by atoms with E-state index in [-0.39, 0.29) is 10.8 Å². The molecule has 0 atom stereocenters. The summed E-state index contributed by atoms with van der Waals surface area (Å²) in [6, 6.07) is 13.9. The van der Waals surface area contributed by atoms with Gasteiger partial charge in [-0.2, -0.15) is 0 Å². The van der Waals surface area contributed by atoms with E-state index >= 15 is 0 Å². The van der Waals surface area contributed by atoms with Gasteiger partial charge in [-0.3, -0.25) is 14.5 Å². The van der Waals surface area contributed by atoms with Gasteiger partial charge in [-0.1, -0.05) is 6.07 Å². The van der Waals surface area contributed by atoms with E-state index in [9.17, 15) is 13.2 Å². The number of benzene rings is 2. The fraction of sp³-hybridized carbons (Fsp3) is 0.280. The molecule has 178 valence electrons. The van der Waals surface area contributed by atoms with Crippen LogP contribution in [0.1, 0.15) is 27.0 Å². The molecule has 2 aromatic carbocycles. The fourth-order valence-corrected chi connectivity index (χ4v) is 4.96. The van der Waals surface area contributed by atoms with Crippen molar-refractivity contribution >= 4 is 27.3 Å². The number of nitrogens with zero attached hydrogens (tertiary/aromatic N) is 2. The van der Waals surface area contributed by atoms with Gasteiger partial charge in [0.25, 0.3) is 15.9 Å². The summed E-state index contributed by atoms with van der Waals surface area (Å²) in [6.45, 7) is 7.27. The van der Waals surface area contributed by atoms with Crippen LogP contribution in [0.25, 0.3) is 0 Å². The zero-order valence-corrected chi connectivity index (χ0v) is 20.2. The number of piperazine rings is 1. The van der Waals surface area contributed by atoms with Crippen LogP contribution >= 0.6 is 0 Å². The van der Waals surface area contributed by atoms with Gasteiger partial charge in [0.05, 0.1) is 16.3 Å². The van der Waals surface area contributed by atoms with Crippen molar-refractivity contribution < 1.29 is 13.2 Å². The van der Waals surface area contributed by atoms with E-state index in [2.05, 4.69) is 25.2 Å². The molecule has 4 rings (SSSR count). The number of anilines is 2. The van der Waals surface area contributed by atoms with Crippen molar-refractivity contribution in [1.82, 2.24) is 15.6 Å². The summed E-state index contributed by atoms with van der Waals surface area (Å²) >= 11 is 0. The van der Waals surface area contributed by atoms with Crippen molar-refractivity contribution in [2.75, 3.05) is 35.8 Å². The van der Waals surface area contributed by atoms with Crippen LogP contribution < -0.4 is 20.3 Å². The zero-order valence-electron chi connectivity index (χ0n) is 19.3. The Labute approximate surface area is 200 Å². The van der Waals surface area contributed by atoms with Gasteiger partial charge in [0, 0.05) is 50.7 Å². The molecule has 1 aliphatic rings. The second-order valence-electron chi connectivity index (χ2n) is 8.36. The van der Waals surface area contributed by atoms with Crippen LogP contribution in [0.4, 0.5) is 11.4 Å². The highest BCUT2D eigenvalue weighted by molar-refractivity contribution is 7.92. The molecule has 1 saturated heterocycles. The number of amides is 1. The second kappa shape index (κ2) is 10.2. The minimum Gasteiger partial charge on any atom is -0.367 e. The molecule has 0 aliphatic carbocycles. The SMILES string of the molecule is Cc1ccc(S(=O)(=O)Nc2cc(C(=O)NCc3ccncc3)ccc2N2CCNCC2)cc1C. The van der Waals surface area contributed by atoms with Crippen LogP contribution in [0.15, 0.2) is 65.8 Å². The molecule has 1 aromatic heterocycles. The van der Waals surface area contributed by atoms with Crippen molar-refractivity contribution in [2.45, 2.75) is 25.3 Å². The van der Waals surface area contributed by atoms with Crippen molar-refractivity contribution in [3.05, 3.63) is 83.2 Å². The largest absolute Gasteiger partial charge is 0.367 e. The summed E-state index contributed by atoms with van der Waals surface area (Å²) in [6.07, 6.45) is 3.34.